The molecule has 1 aromatic heterocycles. The molecule has 0 bridgehead atoms. The molecule has 27 heavy (non-hydrogen) atoms. The van der Waals surface area contributed by atoms with Crippen molar-refractivity contribution in [2.75, 3.05) is 12.4 Å². The lowest BCUT2D eigenvalue weighted by Crippen LogP contribution is -2.24. The molecular formula is C21H23N3O2S. The van der Waals surface area contributed by atoms with Crippen molar-refractivity contribution in [2.24, 2.45) is 0 Å². The first-order valence-corrected chi connectivity index (χ1v) is 9.87. The molecule has 1 amide bonds. The van der Waals surface area contributed by atoms with E-state index in [2.05, 4.69) is 22.4 Å². The molecule has 3 aromatic rings. The highest BCUT2D eigenvalue weighted by Gasteiger charge is 2.04. The Bertz CT molecular complexity index is 831. The van der Waals surface area contributed by atoms with Crippen molar-refractivity contribution in [3.63, 3.8) is 0 Å². The number of aromatic nitrogens is 2. The molecule has 0 saturated carbocycles. The predicted molar refractivity (Wildman–Crippen MR) is 108 cm³/mol. The van der Waals surface area contributed by atoms with Gasteiger partial charge in [-0.25, -0.2) is 4.98 Å². The third-order valence-corrected chi connectivity index (χ3v) is 4.95. The van der Waals surface area contributed by atoms with E-state index in [9.17, 15) is 4.79 Å². The number of carbonyl (C=O) groups is 1. The lowest BCUT2D eigenvalue weighted by atomic mass is 10.1. The minimum Gasteiger partial charge on any atom is -0.494 e. The zero-order valence-electron chi connectivity index (χ0n) is 15.3. The van der Waals surface area contributed by atoms with Gasteiger partial charge in [-0.1, -0.05) is 24.3 Å². The van der Waals surface area contributed by atoms with Crippen LogP contribution in [0, 0.1) is 0 Å². The van der Waals surface area contributed by atoms with Crippen molar-refractivity contribution in [2.45, 2.75) is 24.9 Å². The molecule has 1 heterocycles. The quantitative estimate of drug-likeness (QED) is 0.574. The van der Waals surface area contributed by atoms with Gasteiger partial charge in [0.1, 0.15) is 5.75 Å². The van der Waals surface area contributed by atoms with Crippen molar-refractivity contribution in [3.8, 4) is 5.75 Å². The van der Waals surface area contributed by atoms with Gasteiger partial charge in [0.2, 0.25) is 5.91 Å². The summed E-state index contributed by atoms with van der Waals surface area (Å²) in [6.45, 7) is 3.94. The molecule has 140 valence electrons. The van der Waals surface area contributed by atoms with E-state index in [1.54, 1.807) is 12.5 Å². The third-order valence-electron chi connectivity index (χ3n) is 3.94. The van der Waals surface area contributed by atoms with Crippen molar-refractivity contribution < 1.29 is 9.53 Å². The fraction of sp³-hybridized carbons (Fsp3) is 0.238. The van der Waals surface area contributed by atoms with E-state index in [0.717, 1.165) is 22.8 Å². The number of amides is 1. The number of thioether (sulfide) groups is 1. The number of imidazole rings is 1. The topological polar surface area (TPSA) is 56.1 Å². The zero-order valence-corrected chi connectivity index (χ0v) is 16.1. The molecular weight excluding hydrogens is 358 g/mol. The third kappa shape index (κ3) is 6.18. The Morgan fingerprint density at radius 1 is 1.11 bits per heavy atom. The van der Waals surface area contributed by atoms with Gasteiger partial charge in [0.25, 0.3) is 0 Å². The average molecular weight is 382 g/mol. The second kappa shape index (κ2) is 9.83. The maximum absolute atomic E-state index is 12.1. The van der Waals surface area contributed by atoms with E-state index in [-0.39, 0.29) is 5.91 Å². The van der Waals surface area contributed by atoms with Gasteiger partial charge in [-0.2, -0.15) is 0 Å². The van der Waals surface area contributed by atoms with E-state index >= 15 is 0 Å². The average Bonchev–Trinajstić information content (AvgIpc) is 3.20. The SMILES string of the molecule is CCOc1ccc(SCC(=O)NCc2ccc(Cn3ccnc3)cc2)cc1. The standard InChI is InChI=1S/C21H23N3O2S/c1-2-26-19-7-9-20(10-8-19)27-15-21(25)23-13-17-3-5-18(6-4-17)14-24-12-11-22-16-24/h3-12,16H,2,13-15H2,1H3,(H,23,25). The first-order valence-electron chi connectivity index (χ1n) is 8.89. The number of nitrogens with zero attached hydrogens (tertiary/aromatic N) is 2. The fourth-order valence-electron chi connectivity index (χ4n) is 2.55. The molecule has 0 aliphatic rings. The second-order valence-corrected chi connectivity index (χ2v) is 7.07. The van der Waals surface area contributed by atoms with Gasteiger partial charge in [-0.05, 0) is 42.3 Å². The van der Waals surface area contributed by atoms with Crippen LogP contribution in [-0.2, 0) is 17.9 Å². The second-order valence-electron chi connectivity index (χ2n) is 6.02. The number of hydrogen-bond acceptors (Lipinski definition) is 4. The zero-order chi connectivity index (χ0) is 18.9. The van der Waals surface area contributed by atoms with Crippen LogP contribution < -0.4 is 10.1 Å². The van der Waals surface area contributed by atoms with Crippen LogP contribution in [-0.4, -0.2) is 27.8 Å². The van der Waals surface area contributed by atoms with E-state index in [4.69, 9.17) is 4.74 Å². The Labute approximate surface area is 163 Å². The number of carbonyl (C=O) groups excluding carboxylic acids is 1. The van der Waals surface area contributed by atoms with Crippen LogP contribution in [0.3, 0.4) is 0 Å². The van der Waals surface area contributed by atoms with Crippen LogP contribution in [0.15, 0.2) is 72.1 Å². The number of rotatable bonds is 9. The Morgan fingerprint density at radius 3 is 2.52 bits per heavy atom. The molecule has 0 fully saturated rings. The molecule has 2 aromatic carbocycles. The molecule has 6 heteroatoms. The molecule has 0 aliphatic heterocycles. The van der Waals surface area contributed by atoms with Gasteiger partial charge in [-0.15, -0.1) is 11.8 Å². The number of nitrogens with one attached hydrogen (secondary N) is 1. The smallest absolute Gasteiger partial charge is 0.230 e. The summed E-state index contributed by atoms with van der Waals surface area (Å²) in [6, 6.07) is 16.1. The monoisotopic (exact) mass is 381 g/mol. The van der Waals surface area contributed by atoms with Crippen LogP contribution in [0.1, 0.15) is 18.1 Å². The summed E-state index contributed by atoms with van der Waals surface area (Å²) >= 11 is 1.52. The van der Waals surface area contributed by atoms with Crippen LogP contribution in [0.5, 0.6) is 5.75 Å². The summed E-state index contributed by atoms with van der Waals surface area (Å²) < 4.78 is 7.44. The van der Waals surface area contributed by atoms with Gasteiger partial charge in [0.15, 0.2) is 0 Å². The van der Waals surface area contributed by atoms with Crippen molar-refractivity contribution in [3.05, 3.63) is 78.4 Å². The van der Waals surface area contributed by atoms with Gasteiger partial charge in [0.05, 0.1) is 18.7 Å². The molecule has 0 atom stereocenters. The maximum Gasteiger partial charge on any atom is 0.230 e. The summed E-state index contributed by atoms with van der Waals surface area (Å²) in [4.78, 5) is 17.2. The van der Waals surface area contributed by atoms with Crippen molar-refractivity contribution in [1.29, 1.82) is 0 Å². The predicted octanol–water partition coefficient (Wildman–Crippen LogP) is 3.74. The van der Waals surface area contributed by atoms with E-state index in [1.807, 2.05) is 54.1 Å². The van der Waals surface area contributed by atoms with Gasteiger partial charge in [0, 0.05) is 30.4 Å². The highest BCUT2D eigenvalue weighted by atomic mass is 32.2. The van der Waals surface area contributed by atoms with Crippen LogP contribution in [0.25, 0.3) is 0 Å². The van der Waals surface area contributed by atoms with E-state index in [0.29, 0.717) is 18.9 Å². The summed E-state index contributed by atoms with van der Waals surface area (Å²) in [5.41, 5.74) is 2.29. The summed E-state index contributed by atoms with van der Waals surface area (Å²) in [5, 5.41) is 2.97. The minimum absolute atomic E-state index is 0.0244. The van der Waals surface area contributed by atoms with E-state index < -0.39 is 0 Å². The van der Waals surface area contributed by atoms with Gasteiger partial charge < -0.3 is 14.6 Å². The van der Waals surface area contributed by atoms with E-state index in [1.165, 1.54) is 17.3 Å². The lowest BCUT2D eigenvalue weighted by Gasteiger charge is -2.08. The molecule has 0 radical (unpaired) electrons. The fourth-order valence-corrected chi connectivity index (χ4v) is 3.28. The summed E-state index contributed by atoms with van der Waals surface area (Å²) in [7, 11) is 0. The largest absolute Gasteiger partial charge is 0.494 e. The summed E-state index contributed by atoms with van der Waals surface area (Å²) in [5.74, 6) is 1.27. The number of benzene rings is 2. The first-order chi connectivity index (χ1) is 13.2. The molecule has 1 N–H and O–H groups in total. The molecule has 5 nitrogen and oxygen atoms in total. The Hall–Kier alpha value is -2.73. The minimum atomic E-state index is 0.0244. The van der Waals surface area contributed by atoms with Crippen molar-refractivity contribution in [1.82, 2.24) is 14.9 Å². The van der Waals surface area contributed by atoms with Crippen LogP contribution in [0.2, 0.25) is 0 Å². The van der Waals surface area contributed by atoms with Crippen molar-refractivity contribution >= 4 is 17.7 Å². The van der Waals surface area contributed by atoms with Gasteiger partial charge >= 0.3 is 0 Å². The highest BCUT2D eigenvalue weighted by Crippen LogP contribution is 2.21. The lowest BCUT2D eigenvalue weighted by molar-refractivity contribution is -0.118. The van der Waals surface area contributed by atoms with Crippen LogP contribution >= 0.6 is 11.8 Å². The Morgan fingerprint density at radius 2 is 1.85 bits per heavy atom. The van der Waals surface area contributed by atoms with Crippen LogP contribution in [0.4, 0.5) is 0 Å². The normalized spacial score (nSPS) is 10.6. The molecule has 3 rings (SSSR count). The molecule has 0 aliphatic carbocycles. The molecule has 0 unspecified atom stereocenters. The number of hydrogen-bond donors (Lipinski definition) is 1. The molecule has 0 spiro atoms. The highest BCUT2D eigenvalue weighted by molar-refractivity contribution is 8.00. The Balaban J connectivity index is 1.40. The first kappa shape index (κ1) is 19.0. The van der Waals surface area contributed by atoms with Gasteiger partial charge in [-0.3, -0.25) is 4.79 Å². The molecule has 0 saturated heterocycles. The maximum atomic E-state index is 12.1. The summed E-state index contributed by atoms with van der Waals surface area (Å²) in [6.07, 6.45) is 5.52. The Kier molecular flexibility index (Phi) is 6.93. The number of ether oxygens (including phenoxy) is 1.